The molecule has 1 saturated heterocycles. The molecule has 3 aromatic heterocycles. The Bertz CT molecular complexity index is 1210. The van der Waals surface area contributed by atoms with Crippen molar-refractivity contribution in [2.24, 2.45) is 18.2 Å². The minimum atomic E-state index is 0.173. The minimum absolute atomic E-state index is 0.173. The van der Waals surface area contributed by atoms with Crippen molar-refractivity contribution in [3.05, 3.63) is 36.4 Å². The molecule has 1 fully saturated rings. The van der Waals surface area contributed by atoms with E-state index < -0.39 is 0 Å². The summed E-state index contributed by atoms with van der Waals surface area (Å²) in [6, 6.07) is 3.80. The topological polar surface area (TPSA) is 148 Å². The second-order valence-corrected chi connectivity index (χ2v) is 9.24. The lowest BCUT2D eigenvalue weighted by atomic mass is 9.80. The number of rotatable bonds is 4. The highest BCUT2D eigenvalue weighted by molar-refractivity contribution is 6.10. The molecule has 34 heavy (non-hydrogen) atoms. The molecule has 0 amide bonds. The van der Waals surface area contributed by atoms with Crippen LogP contribution in [0.1, 0.15) is 25.5 Å². The van der Waals surface area contributed by atoms with Crippen LogP contribution in [-0.2, 0) is 7.05 Å². The van der Waals surface area contributed by atoms with Gasteiger partial charge in [-0.3, -0.25) is 10.1 Å². The minimum Gasteiger partial charge on any atom is -0.474 e. The summed E-state index contributed by atoms with van der Waals surface area (Å²) in [5.74, 6) is 1.61. The van der Waals surface area contributed by atoms with Gasteiger partial charge in [0.1, 0.15) is 23.8 Å². The van der Waals surface area contributed by atoms with Crippen LogP contribution in [0.3, 0.4) is 0 Å². The summed E-state index contributed by atoms with van der Waals surface area (Å²) in [5.41, 5.74) is 15.1. The highest BCUT2D eigenvalue weighted by Crippen LogP contribution is 2.34. The fourth-order valence-electron chi connectivity index (χ4n) is 4.38. The second kappa shape index (κ2) is 8.56. The van der Waals surface area contributed by atoms with E-state index in [0.29, 0.717) is 37.0 Å². The van der Waals surface area contributed by atoms with E-state index in [1.807, 2.05) is 30.3 Å². The first-order chi connectivity index (χ1) is 16.4. The summed E-state index contributed by atoms with van der Waals surface area (Å²) in [4.78, 5) is 17.8. The lowest BCUT2D eigenvalue weighted by molar-refractivity contribution is 0.258. The molecule has 5 heterocycles. The van der Waals surface area contributed by atoms with Crippen molar-refractivity contribution in [2.75, 3.05) is 48.3 Å². The predicted octanol–water partition coefficient (Wildman–Crippen LogP) is 1.64. The number of nitrogen functional groups attached to an aromatic ring is 1. The molecule has 0 unspecified atom stereocenters. The zero-order valence-corrected chi connectivity index (χ0v) is 19.5. The van der Waals surface area contributed by atoms with Gasteiger partial charge < -0.3 is 26.0 Å². The lowest BCUT2D eigenvalue weighted by Gasteiger charge is -2.39. The first-order valence-corrected chi connectivity index (χ1v) is 11.4. The number of nitrogens with one attached hydrogen (secondary N) is 1. The monoisotopic (exact) mass is 462 g/mol. The number of fused-ring (bicyclic) bond motifs is 1. The summed E-state index contributed by atoms with van der Waals surface area (Å²) in [6.07, 6.45) is 7.36. The molecule has 11 nitrogen and oxygen atoms in total. The quantitative estimate of drug-likeness (QED) is 0.389. The Kier molecular flexibility index (Phi) is 5.56. The number of aryl methyl sites for hydroxylation is 1. The first-order valence-electron chi connectivity index (χ1n) is 11.4. The molecule has 2 aliphatic heterocycles. The van der Waals surface area contributed by atoms with Gasteiger partial charge in [-0.25, -0.2) is 15.0 Å². The van der Waals surface area contributed by atoms with E-state index in [0.717, 1.165) is 43.0 Å². The molecule has 0 aliphatic carbocycles. The number of pyridine rings is 1. The molecule has 0 spiro atoms. The number of aromatic nitrogens is 5. The number of nitrogens with two attached hydrogens (primary N) is 2. The average Bonchev–Trinajstić information content (AvgIpc) is 3.29. The first kappa shape index (κ1) is 22.1. The van der Waals surface area contributed by atoms with E-state index in [2.05, 4.69) is 31.9 Å². The molecule has 5 rings (SSSR count). The molecule has 0 saturated carbocycles. The zero-order chi connectivity index (χ0) is 23.9. The predicted molar refractivity (Wildman–Crippen MR) is 131 cm³/mol. The maximum absolute atomic E-state index is 8.83. The maximum Gasteiger partial charge on any atom is 0.238 e. The number of amidine groups is 1. The van der Waals surface area contributed by atoms with Crippen LogP contribution in [0, 0.1) is 10.8 Å². The fraction of sp³-hybridized carbons (Fsp3) is 0.435. The van der Waals surface area contributed by atoms with Crippen LogP contribution < -0.4 is 26.0 Å². The Labute approximate surface area is 198 Å². The van der Waals surface area contributed by atoms with E-state index in [-0.39, 0.29) is 17.1 Å². The molecule has 5 N–H and O–H groups in total. The zero-order valence-electron chi connectivity index (χ0n) is 19.5. The highest BCUT2D eigenvalue weighted by Gasteiger charge is 2.30. The van der Waals surface area contributed by atoms with Crippen LogP contribution in [0.25, 0.3) is 11.3 Å². The molecule has 3 aromatic rings. The summed E-state index contributed by atoms with van der Waals surface area (Å²) in [5, 5.41) is 13.0. The van der Waals surface area contributed by atoms with Gasteiger partial charge in [0, 0.05) is 31.9 Å². The van der Waals surface area contributed by atoms with Crippen LogP contribution in [0.2, 0.25) is 0 Å². The second-order valence-electron chi connectivity index (χ2n) is 9.24. The van der Waals surface area contributed by atoms with Crippen LogP contribution in [0.15, 0.2) is 30.7 Å². The molecule has 0 atom stereocenters. The number of anilines is 3. The van der Waals surface area contributed by atoms with Crippen molar-refractivity contribution in [3.63, 3.8) is 0 Å². The van der Waals surface area contributed by atoms with Gasteiger partial charge in [0.2, 0.25) is 5.88 Å². The van der Waals surface area contributed by atoms with Gasteiger partial charge in [0.25, 0.3) is 0 Å². The number of ether oxygens (including phenoxy) is 1. The lowest BCUT2D eigenvalue weighted by Crippen LogP contribution is -2.43. The van der Waals surface area contributed by atoms with Crippen LogP contribution in [-0.4, -0.2) is 63.4 Å². The number of nitrogens with zero attached hydrogens (tertiary/aromatic N) is 7. The van der Waals surface area contributed by atoms with Crippen molar-refractivity contribution in [1.82, 2.24) is 24.7 Å². The van der Waals surface area contributed by atoms with Gasteiger partial charge in [0.15, 0.2) is 11.7 Å². The van der Waals surface area contributed by atoms with E-state index in [1.54, 1.807) is 17.1 Å². The summed E-state index contributed by atoms with van der Waals surface area (Å²) in [7, 11) is 1.86. The van der Waals surface area contributed by atoms with E-state index in [4.69, 9.17) is 21.6 Å². The molecular formula is C23H30N10O. The van der Waals surface area contributed by atoms with E-state index >= 15 is 0 Å². The standard InChI is InChI=1S/C23H30N10O/c1-23(14-24)5-7-32(8-6-23)18-12-27-19(20(25)30-18)21(26)33-9-10-34-22-17(33)4-3-16(29-22)15-11-28-31(2)13-15/h3-4,11-13,26H,5-10,14,24H2,1-2H3,(H2,25,30). The SMILES string of the molecule is Cn1cc(-c2ccc3c(n2)OCCN3C(=N)c2ncc(N3CCC(C)(CN)CC3)nc2N)cn1. The summed E-state index contributed by atoms with van der Waals surface area (Å²) >= 11 is 0. The fourth-order valence-corrected chi connectivity index (χ4v) is 4.38. The van der Waals surface area contributed by atoms with Gasteiger partial charge in [-0.15, -0.1) is 0 Å². The Morgan fingerprint density at radius 2 is 1.97 bits per heavy atom. The number of piperidine rings is 1. The molecular weight excluding hydrogens is 432 g/mol. The highest BCUT2D eigenvalue weighted by atomic mass is 16.5. The largest absolute Gasteiger partial charge is 0.474 e. The van der Waals surface area contributed by atoms with Gasteiger partial charge in [-0.2, -0.15) is 5.10 Å². The van der Waals surface area contributed by atoms with E-state index in [1.165, 1.54) is 0 Å². The Hall–Kier alpha value is -3.73. The van der Waals surface area contributed by atoms with E-state index in [9.17, 15) is 0 Å². The van der Waals surface area contributed by atoms with Crippen LogP contribution >= 0.6 is 0 Å². The van der Waals surface area contributed by atoms with Gasteiger partial charge in [-0.05, 0) is 36.9 Å². The molecule has 0 bridgehead atoms. The number of hydrogen-bond acceptors (Lipinski definition) is 9. The Morgan fingerprint density at radius 1 is 1.18 bits per heavy atom. The van der Waals surface area contributed by atoms with Crippen LogP contribution in [0.5, 0.6) is 5.88 Å². The van der Waals surface area contributed by atoms with Crippen molar-refractivity contribution < 1.29 is 4.74 Å². The normalized spacial score (nSPS) is 17.3. The smallest absolute Gasteiger partial charge is 0.238 e. The third-order valence-electron chi connectivity index (χ3n) is 6.75. The maximum atomic E-state index is 8.83. The molecule has 178 valence electrons. The Morgan fingerprint density at radius 3 is 2.65 bits per heavy atom. The van der Waals surface area contributed by atoms with Crippen molar-refractivity contribution >= 4 is 23.2 Å². The Balaban J connectivity index is 1.36. The van der Waals surface area contributed by atoms with Crippen molar-refractivity contribution in [2.45, 2.75) is 19.8 Å². The van der Waals surface area contributed by atoms with Crippen molar-refractivity contribution in [1.29, 1.82) is 5.41 Å². The summed E-state index contributed by atoms with van der Waals surface area (Å²) in [6.45, 7) is 5.53. The average molecular weight is 463 g/mol. The van der Waals surface area contributed by atoms with Gasteiger partial charge in [-0.1, -0.05) is 6.92 Å². The molecule has 0 aromatic carbocycles. The van der Waals surface area contributed by atoms with Gasteiger partial charge >= 0.3 is 0 Å². The molecule has 2 aliphatic rings. The molecule has 11 heteroatoms. The van der Waals surface area contributed by atoms with Crippen LogP contribution in [0.4, 0.5) is 17.3 Å². The third kappa shape index (κ3) is 4.03. The summed E-state index contributed by atoms with van der Waals surface area (Å²) < 4.78 is 7.53. The van der Waals surface area contributed by atoms with Gasteiger partial charge in [0.05, 0.1) is 24.6 Å². The third-order valence-corrected chi connectivity index (χ3v) is 6.75. The molecule has 0 radical (unpaired) electrons. The number of hydrogen-bond donors (Lipinski definition) is 3. The van der Waals surface area contributed by atoms with Crippen molar-refractivity contribution in [3.8, 4) is 17.1 Å².